The number of fused-ring (bicyclic) bond motifs is 1. The average Bonchev–Trinajstić information content (AvgIpc) is 2.71. The first-order chi connectivity index (χ1) is 11.5. The lowest BCUT2D eigenvalue weighted by atomic mass is 9.97. The molecule has 2 heterocycles. The smallest absolute Gasteiger partial charge is 0.108 e. The highest BCUT2D eigenvalue weighted by Crippen LogP contribution is 2.37. The number of hydrogen-bond donors (Lipinski definition) is 2. The van der Waals surface area contributed by atoms with Crippen molar-refractivity contribution in [2.45, 2.75) is 24.4 Å². The second-order valence-electron chi connectivity index (χ2n) is 7.28. The third kappa shape index (κ3) is 3.06. The fourth-order valence-corrected chi connectivity index (χ4v) is 3.91. The number of halogens is 1. The largest absolute Gasteiger partial charge is 0.367 e. The van der Waals surface area contributed by atoms with E-state index in [0.29, 0.717) is 0 Å². The van der Waals surface area contributed by atoms with Gasteiger partial charge in [0.15, 0.2) is 0 Å². The van der Waals surface area contributed by atoms with Crippen LogP contribution < -0.4 is 10.6 Å². The van der Waals surface area contributed by atoms with Gasteiger partial charge in [-0.05, 0) is 26.1 Å². The Morgan fingerprint density at radius 3 is 2.71 bits per heavy atom. The summed E-state index contributed by atoms with van der Waals surface area (Å²) < 4.78 is 0. The molecule has 24 heavy (non-hydrogen) atoms. The van der Waals surface area contributed by atoms with Gasteiger partial charge in [0.25, 0.3) is 0 Å². The molecule has 1 aromatic rings. The van der Waals surface area contributed by atoms with Crippen molar-refractivity contribution in [3.8, 4) is 0 Å². The standard InChI is InChI=1S/C19H25ClN4/c1-19(20)8-7-16-17(13-19)22-18(24-11-9-23(2)10-12-24)14-5-3-4-6-15(14)21-16/h3-8,18,21-22H,9-13H2,1-2H3. The van der Waals surface area contributed by atoms with Gasteiger partial charge in [-0.3, -0.25) is 4.90 Å². The van der Waals surface area contributed by atoms with E-state index in [1.54, 1.807) is 0 Å². The first-order valence-corrected chi connectivity index (χ1v) is 9.06. The molecule has 2 atom stereocenters. The number of allylic oxidation sites excluding steroid dienone is 3. The van der Waals surface area contributed by atoms with E-state index in [1.807, 2.05) is 0 Å². The van der Waals surface area contributed by atoms with E-state index >= 15 is 0 Å². The summed E-state index contributed by atoms with van der Waals surface area (Å²) in [6.07, 6.45) is 5.20. The van der Waals surface area contributed by atoms with Gasteiger partial charge in [-0.15, -0.1) is 11.6 Å². The Labute approximate surface area is 149 Å². The molecule has 1 fully saturated rings. The monoisotopic (exact) mass is 344 g/mol. The maximum absolute atomic E-state index is 6.60. The summed E-state index contributed by atoms with van der Waals surface area (Å²) in [6.45, 7) is 6.41. The summed E-state index contributed by atoms with van der Waals surface area (Å²) in [5.74, 6) is 0. The zero-order valence-electron chi connectivity index (χ0n) is 14.3. The first kappa shape index (κ1) is 16.0. The van der Waals surface area contributed by atoms with Gasteiger partial charge in [-0.2, -0.15) is 0 Å². The van der Waals surface area contributed by atoms with E-state index in [2.05, 4.69) is 70.8 Å². The summed E-state index contributed by atoms with van der Waals surface area (Å²) in [6, 6.07) is 8.60. The van der Waals surface area contributed by atoms with Gasteiger partial charge in [-0.1, -0.05) is 24.3 Å². The van der Waals surface area contributed by atoms with Crippen LogP contribution in [0.5, 0.6) is 0 Å². The van der Waals surface area contributed by atoms with Crippen LogP contribution in [0.1, 0.15) is 25.1 Å². The van der Waals surface area contributed by atoms with Crippen LogP contribution in [0.4, 0.5) is 5.69 Å². The normalized spacial score (nSPS) is 30.9. The molecule has 2 N–H and O–H groups in total. The lowest BCUT2D eigenvalue weighted by Crippen LogP contribution is -2.49. The number of nitrogens with one attached hydrogen (secondary N) is 2. The van der Waals surface area contributed by atoms with Crippen molar-refractivity contribution in [2.75, 3.05) is 38.5 Å². The molecule has 1 aliphatic carbocycles. The first-order valence-electron chi connectivity index (χ1n) is 8.68. The molecule has 3 aliphatic rings. The van der Waals surface area contributed by atoms with Gasteiger partial charge in [0.05, 0.1) is 10.6 Å². The molecule has 0 bridgehead atoms. The minimum atomic E-state index is -0.323. The number of hydrogen-bond acceptors (Lipinski definition) is 4. The maximum Gasteiger partial charge on any atom is 0.108 e. The van der Waals surface area contributed by atoms with E-state index in [1.165, 1.54) is 16.9 Å². The van der Waals surface area contributed by atoms with Crippen molar-refractivity contribution < 1.29 is 0 Å². The second kappa shape index (κ2) is 6.10. The van der Waals surface area contributed by atoms with E-state index in [4.69, 9.17) is 11.6 Å². The summed E-state index contributed by atoms with van der Waals surface area (Å²) in [5, 5.41) is 7.41. The highest BCUT2D eigenvalue weighted by Gasteiger charge is 2.32. The number of nitrogens with zero attached hydrogens (tertiary/aromatic N) is 2. The molecule has 2 aliphatic heterocycles. The molecule has 4 rings (SSSR count). The summed E-state index contributed by atoms with van der Waals surface area (Å²) in [5.41, 5.74) is 4.83. The minimum absolute atomic E-state index is 0.189. The molecule has 2 unspecified atom stereocenters. The van der Waals surface area contributed by atoms with Crippen LogP contribution >= 0.6 is 11.6 Å². The fraction of sp³-hybridized carbons (Fsp3) is 0.474. The van der Waals surface area contributed by atoms with Crippen molar-refractivity contribution in [2.24, 2.45) is 0 Å². The molecule has 128 valence electrons. The SMILES string of the molecule is CN1CCN(C2NC3=C(C=CC(C)(Cl)C3)Nc3ccccc32)CC1. The third-order valence-corrected chi connectivity index (χ3v) is 5.44. The number of alkyl halides is 1. The Balaban J connectivity index is 1.70. The van der Waals surface area contributed by atoms with Gasteiger partial charge in [0.2, 0.25) is 0 Å². The Morgan fingerprint density at radius 1 is 1.17 bits per heavy atom. The number of rotatable bonds is 1. The molecule has 0 saturated carbocycles. The van der Waals surface area contributed by atoms with Gasteiger partial charge in [0, 0.05) is 49.5 Å². The molecule has 0 spiro atoms. The fourth-order valence-electron chi connectivity index (χ4n) is 3.71. The van der Waals surface area contributed by atoms with Crippen LogP contribution in [-0.4, -0.2) is 47.9 Å². The van der Waals surface area contributed by atoms with Crippen molar-refractivity contribution >= 4 is 17.3 Å². The molecule has 0 amide bonds. The Morgan fingerprint density at radius 2 is 1.92 bits per heavy atom. The zero-order chi connectivity index (χ0) is 16.7. The van der Waals surface area contributed by atoms with E-state index in [9.17, 15) is 0 Å². The van der Waals surface area contributed by atoms with Gasteiger partial charge in [-0.25, -0.2) is 0 Å². The topological polar surface area (TPSA) is 30.5 Å². The predicted octanol–water partition coefficient (Wildman–Crippen LogP) is 3.12. The van der Waals surface area contributed by atoms with E-state index < -0.39 is 0 Å². The maximum atomic E-state index is 6.60. The van der Waals surface area contributed by atoms with E-state index in [0.717, 1.165) is 38.3 Å². The molecule has 1 saturated heterocycles. The summed E-state index contributed by atoms with van der Waals surface area (Å²) >= 11 is 6.60. The van der Waals surface area contributed by atoms with Crippen molar-refractivity contribution in [1.82, 2.24) is 15.1 Å². The van der Waals surface area contributed by atoms with Crippen LogP contribution in [0.2, 0.25) is 0 Å². The Kier molecular flexibility index (Phi) is 4.07. The molecule has 5 heteroatoms. The van der Waals surface area contributed by atoms with Crippen LogP contribution in [0.3, 0.4) is 0 Å². The highest BCUT2D eigenvalue weighted by atomic mass is 35.5. The number of anilines is 1. The molecule has 4 nitrogen and oxygen atoms in total. The van der Waals surface area contributed by atoms with Crippen molar-refractivity contribution in [3.05, 3.63) is 53.4 Å². The molecular weight excluding hydrogens is 320 g/mol. The van der Waals surface area contributed by atoms with Gasteiger partial charge >= 0.3 is 0 Å². The minimum Gasteiger partial charge on any atom is -0.367 e. The average molecular weight is 345 g/mol. The number of likely N-dealkylation sites (N-methyl/N-ethyl adjacent to an activating group) is 1. The Hall–Kier alpha value is -1.49. The van der Waals surface area contributed by atoms with Crippen molar-refractivity contribution in [1.29, 1.82) is 0 Å². The summed E-state index contributed by atoms with van der Waals surface area (Å²) in [4.78, 5) is 4.61. The lowest BCUT2D eigenvalue weighted by Gasteiger charge is -2.39. The zero-order valence-corrected chi connectivity index (χ0v) is 15.1. The number of para-hydroxylation sites is 1. The summed E-state index contributed by atoms with van der Waals surface area (Å²) in [7, 11) is 2.19. The lowest BCUT2D eigenvalue weighted by molar-refractivity contribution is 0.0991. The van der Waals surface area contributed by atoms with Crippen LogP contribution in [0.15, 0.2) is 47.8 Å². The molecule has 1 aromatic carbocycles. The van der Waals surface area contributed by atoms with E-state index in [-0.39, 0.29) is 11.0 Å². The molecule has 0 radical (unpaired) electrons. The molecule has 0 aromatic heterocycles. The van der Waals surface area contributed by atoms with Crippen molar-refractivity contribution in [3.63, 3.8) is 0 Å². The predicted molar refractivity (Wildman–Crippen MR) is 100 cm³/mol. The van der Waals surface area contributed by atoms with Crippen LogP contribution in [0.25, 0.3) is 0 Å². The van der Waals surface area contributed by atoms with Crippen LogP contribution in [0, 0.1) is 0 Å². The van der Waals surface area contributed by atoms with Crippen LogP contribution in [-0.2, 0) is 0 Å². The highest BCUT2D eigenvalue weighted by molar-refractivity contribution is 6.25. The quantitative estimate of drug-likeness (QED) is 0.766. The molecular formula is C19H25ClN4. The third-order valence-electron chi connectivity index (χ3n) is 5.18. The number of piperazine rings is 1. The van der Waals surface area contributed by atoms with Gasteiger partial charge < -0.3 is 15.5 Å². The number of benzene rings is 1. The second-order valence-corrected chi connectivity index (χ2v) is 8.14. The van der Waals surface area contributed by atoms with Gasteiger partial charge in [0.1, 0.15) is 6.17 Å². The Bertz CT molecular complexity index is 686.